The van der Waals surface area contributed by atoms with Gasteiger partial charge >= 0.3 is 5.97 Å². The van der Waals surface area contributed by atoms with Crippen molar-refractivity contribution >= 4 is 34.2 Å². The van der Waals surface area contributed by atoms with Crippen molar-refractivity contribution < 1.29 is 13.9 Å². The van der Waals surface area contributed by atoms with Crippen LogP contribution >= 0.6 is 23.1 Å². The molecule has 1 aromatic carbocycles. The van der Waals surface area contributed by atoms with Crippen molar-refractivity contribution in [1.82, 2.24) is 10.2 Å². The van der Waals surface area contributed by atoms with Gasteiger partial charge < -0.3 is 10.1 Å². The van der Waals surface area contributed by atoms with Crippen molar-refractivity contribution in [2.24, 2.45) is 0 Å². The molecule has 0 atom stereocenters. The highest BCUT2D eigenvalue weighted by molar-refractivity contribution is 8.01. The molecule has 0 saturated carbocycles. The third-order valence-corrected chi connectivity index (χ3v) is 4.83. The number of esters is 1. The number of hydrogen-bond donors (Lipinski definition) is 1. The van der Waals surface area contributed by atoms with E-state index < -0.39 is 0 Å². The maximum Gasteiger partial charge on any atom is 0.316 e. The van der Waals surface area contributed by atoms with Gasteiger partial charge in [0.15, 0.2) is 4.34 Å². The number of aromatic nitrogens is 2. The summed E-state index contributed by atoms with van der Waals surface area (Å²) in [5, 5.41) is 11.8. The predicted molar refractivity (Wildman–Crippen MR) is 90.2 cm³/mol. The molecule has 2 aromatic rings. The molecule has 0 aliphatic carbocycles. The maximum atomic E-state index is 12.8. The standard InChI is InChI=1S/C15H18FN3O2S2/c1-2-3-8-21-13(20)10-22-15-19-18-14(23-15)17-9-11-4-6-12(16)7-5-11/h4-7H,2-3,8-10H2,1H3,(H,17,18). The van der Waals surface area contributed by atoms with E-state index in [0.717, 1.165) is 18.4 Å². The lowest BCUT2D eigenvalue weighted by atomic mass is 10.2. The molecule has 0 aliphatic heterocycles. The van der Waals surface area contributed by atoms with Crippen LogP contribution in [0.2, 0.25) is 0 Å². The number of benzene rings is 1. The summed E-state index contributed by atoms with van der Waals surface area (Å²) in [6, 6.07) is 6.27. The normalized spacial score (nSPS) is 10.5. The van der Waals surface area contributed by atoms with Crippen LogP contribution in [0.5, 0.6) is 0 Å². The Morgan fingerprint density at radius 1 is 1.35 bits per heavy atom. The Bertz CT molecular complexity index is 619. The van der Waals surface area contributed by atoms with Crippen molar-refractivity contribution in [3.05, 3.63) is 35.6 Å². The number of thioether (sulfide) groups is 1. The highest BCUT2D eigenvalue weighted by Crippen LogP contribution is 2.25. The van der Waals surface area contributed by atoms with E-state index in [1.807, 2.05) is 6.92 Å². The van der Waals surface area contributed by atoms with Gasteiger partial charge in [-0.15, -0.1) is 10.2 Å². The largest absolute Gasteiger partial charge is 0.465 e. The molecule has 23 heavy (non-hydrogen) atoms. The van der Waals surface area contributed by atoms with Gasteiger partial charge in [-0.25, -0.2) is 4.39 Å². The first-order valence-corrected chi connectivity index (χ1v) is 9.08. The number of halogens is 1. The molecule has 0 amide bonds. The minimum atomic E-state index is -0.255. The molecule has 1 heterocycles. The van der Waals surface area contributed by atoms with Gasteiger partial charge in [0.2, 0.25) is 5.13 Å². The molecular weight excluding hydrogens is 337 g/mol. The highest BCUT2D eigenvalue weighted by Gasteiger charge is 2.09. The fourth-order valence-electron chi connectivity index (χ4n) is 1.61. The summed E-state index contributed by atoms with van der Waals surface area (Å²) in [7, 11) is 0. The van der Waals surface area contributed by atoms with E-state index in [1.165, 1.54) is 35.2 Å². The first kappa shape index (κ1) is 17.7. The van der Waals surface area contributed by atoms with E-state index in [-0.39, 0.29) is 17.5 Å². The van der Waals surface area contributed by atoms with Gasteiger partial charge in [-0.3, -0.25) is 4.79 Å². The fourth-order valence-corrected chi connectivity index (χ4v) is 3.16. The molecule has 5 nitrogen and oxygen atoms in total. The minimum absolute atomic E-state index is 0.232. The van der Waals surface area contributed by atoms with E-state index in [2.05, 4.69) is 15.5 Å². The molecule has 0 spiro atoms. The number of nitrogens with one attached hydrogen (secondary N) is 1. The molecule has 1 aromatic heterocycles. The van der Waals surface area contributed by atoms with Crippen molar-refractivity contribution in [1.29, 1.82) is 0 Å². The van der Waals surface area contributed by atoms with E-state index in [4.69, 9.17) is 4.74 Å². The van der Waals surface area contributed by atoms with Crippen molar-refractivity contribution in [3.63, 3.8) is 0 Å². The molecule has 124 valence electrons. The fraction of sp³-hybridized carbons (Fsp3) is 0.400. The van der Waals surface area contributed by atoms with Gasteiger partial charge in [0.1, 0.15) is 5.82 Å². The molecule has 0 aliphatic rings. The third kappa shape index (κ3) is 6.54. The highest BCUT2D eigenvalue weighted by atomic mass is 32.2. The number of carbonyl (C=O) groups excluding carboxylic acids is 1. The molecular formula is C15H18FN3O2S2. The van der Waals surface area contributed by atoms with Crippen molar-refractivity contribution in [2.45, 2.75) is 30.6 Å². The van der Waals surface area contributed by atoms with Gasteiger partial charge in [-0.1, -0.05) is 48.6 Å². The molecule has 0 unspecified atom stereocenters. The summed E-state index contributed by atoms with van der Waals surface area (Å²) < 4.78 is 18.6. The summed E-state index contributed by atoms with van der Waals surface area (Å²) in [4.78, 5) is 11.5. The van der Waals surface area contributed by atoms with Crippen LogP contribution in [0, 0.1) is 5.82 Å². The second kappa shape index (κ2) is 9.46. The lowest BCUT2D eigenvalue weighted by Gasteiger charge is -2.02. The zero-order chi connectivity index (χ0) is 16.5. The monoisotopic (exact) mass is 355 g/mol. The third-order valence-electron chi connectivity index (χ3n) is 2.84. The maximum absolute atomic E-state index is 12.8. The molecule has 2 rings (SSSR count). The van der Waals surface area contributed by atoms with Gasteiger partial charge in [-0.05, 0) is 24.1 Å². The number of nitrogens with zero attached hydrogens (tertiary/aromatic N) is 2. The first-order chi connectivity index (χ1) is 11.2. The Morgan fingerprint density at radius 2 is 2.13 bits per heavy atom. The van der Waals surface area contributed by atoms with Crippen LogP contribution in [0.25, 0.3) is 0 Å². The Morgan fingerprint density at radius 3 is 2.87 bits per heavy atom. The number of rotatable bonds is 9. The van der Waals surface area contributed by atoms with Gasteiger partial charge in [0.05, 0.1) is 12.4 Å². The quantitative estimate of drug-likeness (QED) is 0.420. The first-order valence-electron chi connectivity index (χ1n) is 7.27. The van der Waals surface area contributed by atoms with E-state index in [1.54, 1.807) is 12.1 Å². The van der Waals surface area contributed by atoms with Gasteiger partial charge in [0, 0.05) is 6.54 Å². The van der Waals surface area contributed by atoms with Crippen LogP contribution in [-0.4, -0.2) is 28.5 Å². The summed E-state index contributed by atoms with van der Waals surface area (Å²) in [6.45, 7) is 3.05. The van der Waals surface area contributed by atoms with Crippen LogP contribution in [0.4, 0.5) is 9.52 Å². The van der Waals surface area contributed by atoms with Gasteiger partial charge in [-0.2, -0.15) is 0 Å². The molecule has 8 heteroatoms. The average molecular weight is 355 g/mol. The molecule has 1 N–H and O–H groups in total. The van der Waals surface area contributed by atoms with Crippen LogP contribution in [0.3, 0.4) is 0 Å². The second-order valence-electron chi connectivity index (χ2n) is 4.72. The lowest BCUT2D eigenvalue weighted by molar-refractivity contribution is -0.140. The molecule has 0 fully saturated rings. The Kier molecular flexibility index (Phi) is 7.28. The predicted octanol–water partition coefficient (Wildman–Crippen LogP) is 3.72. The number of anilines is 1. The molecule has 0 radical (unpaired) electrons. The van der Waals surface area contributed by atoms with Crippen LogP contribution in [-0.2, 0) is 16.1 Å². The number of hydrogen-bond acceptors (Lipinski definition) is 7. The topological polar surface area (TPSA) is 64.1 Å². The van der Waals surface area contributed by atoms with Crippen LogP contribution < -0.4 is 5.32 Å². The van der Waals surface area contributed by atoms with Gasteiger partial charge in [0.25, 0.3) is 0 Å². The number of carbonyl (C=O) groups is 1. The Balaban J connectivity index is 1.72. The molecule has 0 bridgehead atoms. The zero-order valence-electron chi connectivity index (χ0n) is 12.8. The summed E-state index contributed by atoms with van der Waals surface area (Å²) in [5.74, 6) is -0.260. The smallest absolute Gasteiger partial charge is 0.316 e. The van der Waals surface area contributed by atoms with Crippen molar-refractivity contribution in [2.75, 3.05) is 17.7 Å². The van der Waals surface area contributed by atoms with E-state index in [0.29, 0.717) is 22.6 Å². The summed E-state index contributed by atoms with van der Waals surface area (Å²) in [5.41, 5.74) is 0.954. The lowest BCUT2D eigenvalue weighted by Crippen LogP contribution is -2.08. The summed E-state index contributed by atoms with van der Waals surface area (Å²) in [6.07, 6.45) is 1.88. The zero-order valence-corrected chi connectivity index (χ0v) is 14.4. The average Bonchev–Trinajstić information content (AvgIpc) is 3.01. The SMILES string of the molecule is CCCCOC(=O)CSc1nnc(NCc2ccc(F)cc2)s1. The van der Waals surface area contributed by atoms with Crippen LogP contribution in [0.1, 0.15) is 25.3 Å². The number of ether oxygens (including phenoxy) is 1. The summed E-state index contributed by atoms with van der Waals surface area (Å²) >= 11 is 2.69. The Hall–Kier alpha value is -1.67. The molecule has 0 saturated heterocycles. The van der Waals surface area contributed by atoms with E-state index in [9.17, 15) is 9.18 Å². The Labute approximate surface area is 142 Å². The van der Waals surface area contributed by atoms with E-state index >= 15 is 0 Å². The number of unbranched alkanes of at least 4 members (excludes halogenated alkanes) is 1. The second-order valence-corrected chi connectivity index (χ2v) is 6.92. The van der Waals surface area contributed by atoms with Crippen molar-refractivity contribution in [3.8, 4) is 0 Å². The van der Waals surface area contributed by atoms with Crippen LogP contribution in [0.15, 0.2) is 28.6 Å². The minimum Gasteiger partial charge on any atom is -0.465 e.